The fraction of sp³-hybridized carbons (Fsp3) is 0.182. The molecular formula is C11H10FN5S. The van der Waals surface area contributed by atoms with Crippen molar-refractivity contribution in [2.75, 3.05) is 5.73 Å². The number of aryl methyl sites for hydroxylation is 1. The molecule has 0 fully saturated rings. The quantitative estimate of drug-likeness (QED) is 0.719. The Balaban J connectivity index is 2.13. The molecule has 3 rings (SSSR count). The first kappa shape index (κ1) is 11.1. The molecule has 1 aromatic carbocycles. The van der Waals surface area contributed by atoms with Crippen molar-refractivity contribution in [1.29, 1.82) is 0 Å². The fourth-order valence-electron chi connectivity index (χ4n) is 1.67. The standard InChI is InChI=1S/C11H10FN5S/c1-2-9-14-15-11-17(9)16-10(18-11)6-3-4-7(12)8(13)5-6/h3-5H,2,13H2,1H3. The predicted octanol–water partition coefficient (Wildman–Crippen LogP) is 2.14. The Morgan fingerprint density at radius 3 is 2.94 bits per heavy atom. The number of rotatable bonds is 2. The molecule has 2 aromatic heterocycles. The van der Waals surface area contributed by atoms with Crippen LogP contribution >= 0.6 is 11.3 Å². The smallest absolute Gasteiger partial charge is 0.234 e. The third kappa shape index (κ3) is 1.63. The highest BCUT2D eigenvalue weighted by atomic mass is 32.1. The molecule has 18 heavy (non-hydrogen) atoms. The molecule has 7 heteroatoms. The van der Waals surface area contributed by atoms with Crippen LogP contribution in [0.25, 0.3) is 15.5 Å². The van der Waals surface area contributed by atoms with Gasteiger partial charge < -0.3 is 5.73 Å². The summed E-state index contributed by atoms with van der Waals surface area (Å²) in [5.74, 6) is 0.388. The second-order valence-corrected chi connectivity index (χ2v) is 4.76. The molecule has 2 N–H and O–H groups in total. The van der Waals surface area contributed by atoms with Crippen LogP contribution in [0.2, 0.25) is 0 Å². The third-order valence-electron chi connectivity index (χ3n) is 2.61. The van der Waals surface area contributed by atoms with Crippen LogP contribution in [0.4, 0.5) is 10.1 Å². The second-order valence-electron chi connectivity index (χ2n) is 3.81. The van der Waals surface area contributed by atoms with Crippen LogP contribution in [-0.2, 0) is 6.42 Å². The molecule has 0 saturated heterocycles. The molecule has 0 aliphatic rings. The van der Waals surface area contributed by atoms with Crippen LogP contribution in [0, 0.1) is 5.82 Å². The number of hydrogen-bond donors (Lipinski definition) is 1. The summed E-state index contributed by atoms with van der Waals surface area (Å²) in [6.07, 6.45) is 0.760. The molecule has 3 aromatic rings. The summed E-state index contributed by atoms with van der Waals surface area (Å²) in [7, 11) is 0. The fourth-order valence-corrected chi connectivity index (χ4v) is 2.53. The lowest BCUT2D eigenvalue weighted by molar-refractivity contribution is 0.632. The van der Waals surface area contributed by atoms with Gasteiger partial charge in [-0.3, -0.25) is 0 Å². The minimum absolute atomic E-state index is 0.120. The molecule has 2 heterocycles. The first-order valence-electron chi connectivity index (χ1n) is 5.45. The van der Waals surface area contributed by atoms with Gasteiger partial charge in [0, 0.05) is 12.0 Å². The molecule has 0 aliphatic heterocycles. The molecule has 0 atom stereocenters. The largest absolute Gasteiger partial charge is 0.396 e. The molecule has 5 nitrogen and oxygen atoms in total. The summed E-state index contributed by atoms with van der Waals surface area (Å²) in [5.41, 5.74) is 6.45. The minimum atomic E-state index is -0.420. The van der Waals surface area contributed by atoms with Crippen LogP contribution < -0.4 is 5.73 Å². The number of fused-ring (bicyclic) bond motifs is 1. The van der Waals surface area contributed by atoms with Gasteiger partial charge in [0.05, 0.1) is 5.69 Å². The van der Waals surface area contributed by atoms with Crippen molar-refractivity contribution in [1.82, 2.24) is 19.8 Å². The Kier molecular flexibility index (Phi) is 2.48. The molecule has 0 radical (unpaired) electrons. The third-order valence-corrected chi connectivity index (χ3v) is 3.56. The van der Waals surface area contributed by atoms with Gasteiger partial charge in [-0.1, -0.05) is 18.3 Å². The van der Waals surface area contributed by atoms with E-state index >= 15 is 0 Å². The normalized spacial score (nSPS) is 11.2. The minimum Gasteiger partial charge on any atom is -0.396 e. The van der Waals surface area contributed by atoms with Crippen LogP contribution in [0.3, 0.4) is 0 Å². The molecule has 0 unspecified atom stereocenters. The van der Waals surface area contributed by atoms with E-state index in [1.807, 2.05) is 6.92 Å². The highest BCUT2D eigenvalue weighted by molar-refractivity contribution is 7.19. The summed E-state index contributed by atoms with van der Waals surface area (Å²) in [6.45, 7) is 1.99. The van der Waals surface area contributed by atoms with E-state index < -0.39 is 5.82 Å². The molecule has 0 amide bonds. The van der Waals surface area contributed by atoms with Crippen molar-refractivity contribution >= 4 is 22.0 Å². The topological polar surface area (TPSA) is 69.1 Å². The van der Waals surface area contributed by atoms with Gasteiger partial charge in [-0.2, -0.15) is 9.61 Å². The zero-order valence-electron chi connectivity index (χ0n) is 9.59. The van der Waals surface area contributed by atoms with Gasteiger partial charge in [0.2, 0.25) is 4.96 Å². The predicted molar refractivity (Wildman–Crippen MR) is 67.8 cm³/mol. The van der Waals surface area contributed by atoms with Crippen molar-refractivity contribution in [2.24, 2.45) is 0 Å². The van der Waals surface area contributed by atoms with Gasteiger partial charge >= 0.3 is 0 Å². The Morgan fingerprint density at radius 1 is 1.39 bits per heavy atom. The number of anilines is 1. The van der Waals surface area contributed by atoms with E-state index in [9.17, 15) is 4.39 Å². The summed E-state index contributed by atoms with van der Waals surface area (Å²) in [6, 6.07) is 4.57. The van der Waals surface area contributed by atoms with E-state index in [-0.39, 0.29) is 5.69 Å². The average Bonchev–Trinajstić information content (AvgIpc) is 2.92. The Labute approximate surface area is 106 Å². The Hall–Kier alpha value is -2.02. The lowest BCUT2D eigenvalue weighted by atomic mass is 10.2. The molecule has 92 valence electrons. The lowest BCUT2D eigenvalue weighted by Crippen LogP contribution is -1.94. The second kappa shape index (κ2) is 4.02. The monoisotopic (exact) mass is 263 g/mol. The SMILES string of the molecule is CCc1nnc2sc(-c3ccc(F)c(N)c3)nn12. The number of aromatic nitrogens is 4. The van der Waals surface area contributed by atoms with E-state index in [1.54, 1.807) is 16.6 Å². The molecule has 0 spiro atoms. The summed E-state index contributed by atoms with van der Waals surface area (Å²) in [4.78, 5) is 0.727. The number of nitrogens with two attached hydrogens (primary N) is 1. The number of nitrogens with zero attached hydrogens (tertiary/aromatic N) is 4. The summed E-state index contributed by atoms with van der Waals surface area (Å²) in [5, 5.41) is 13.2. The summed E-state index contributed by atoms with van der Waals surface area (Å²) >= 11 is 1.40. The first-order valence-corrected chi connectivity index (χ1v) is 6.27. The van der Waals surface area contributed by atoms with Crippen molar-refractivity contribution < 1.29 is 4.39 Å². The van der Waals surface area contributed by atoms with E-state index in [0.717, 1.165) is 27.8 Å². The maximum Gasteiger partial charge on any atom is 0.234 e. The molecule has 0 bridgehead atoms. The lowest BCUT2D eigenvalue weighted by Gasteiger charge is -1.99. The Bertz CT molecular complexity index is 717. The van der Waals surface area contributed by atoms with Gasteiger partial charge in [0.1, 0.15) is 10.8 Å². The zero-order valence-corrected chi connectivity index (χ0v) is 10.4. The Morgan fingerprint density at radius 2 is 2.22 bits per heavy atom. The van der Waals surface area contributed by atoms with Crippen LogP contribution in [-0.4, -0.2) is 19.8 Å². The van der Waals surface area contributed by atoms with Gasteiger partial charge in [-0.25, -0.2) is 4.39 Å². The van der Waals surface area contributed by atoms with Crippen LogP contribution in [0.1, 0.15) is 12.7 Å². The van der Waals surface area contributed by atoms with E-state index in [1.165, 1.54) is 17.4 Å². The average molecular weight is 263 g/mol. The molecule has 0 aliphatic carbocycles. The van der Waals surface area contributed by atoms with Crippen LogP contribution in [0.5, 0.6) is 0 Å². The van der Waals surface area contributed by atoms with Gasteiger partial charge in [-0.05, 0) is 18.2 Å². The van der Waals surface area contributed by atoms with Gasteiger partial charge in [-0.15, -0.1) is 10.2 Å². The highest BCUT2D eigenvalue weighted by Gasteiger charge is 2.12. The van der Waals surface area contributed by atoms with Crippen LogP contribution in [0.15, 0.2) is 18.2 Å². The van der Waals surface area contributed by atoms with Gasteiger partial charge in [0.15, 0.2) is 5.82 Å². The highest BCUT2D eigenvalue weighted by Crippen LogP contribution is 2.27. The van der Waals surface area contributed by atoms with Crippen molar-refractivity contribution in [3.63, 3.8) is 0 Å². The maximum absolute atomic E-state index is 13.1. The number of halogens is 1. The van der Waals surface area contributed by atoms with Crippen molar-refractivity contribution in [3.8, 4) is 10.6 Å². The number of hydrogen-bond acceptors (Lipinski definition) is 5. The molecule has 0 saturated carbocycles. The summed E-state index contributed by atoms with van der Waals surface area (Å²) < 4.78 is 14.8. The maximum atomic E-state index is 13.1. The van der Waals surface area contributed by atoms with E-state index in [4.69, 9.17) is 5.73 Å². The first-order chi connectivity index (χ1) is 8.69. The van der Waals surface area contributed by atoms with E-state index in [0.29, 0.717) is 0 Å². The molecular weight excluding hydrogens is 253 g/mol. The number of benzene rings is 1. The zero-order chi connectivity index (χ0) is 12.7. The number of nitrogen functional groups attached to an aromatic ring is 1. The van der Waals surface area contributed by atoms with Gasteiger partial charge in [0.25, 0.3) is 0 Å². The van der Waals surface area contributed by atoms with Crippen molar-refractivity contribution in [3.05, 3.63) is 29.8 Å². The van der Waals surface area contributed by atoms with E-state index in [2.05, 4.69) is 15.3 Å². The van der Waals surface area contributed by atoms with Crippen molar-refractivity contribution in [2.45, 2.75) is 13.3 Å².